The number of nitrogens with zero attached hydrogens (tertiary/aromatic N) is 1. The molecule has 0 unspecified atom stereocenters. The second-order valence-electron chi connectivity index (χ2n) is 16.3. The predicted octanol–water partition coefficient (Wildman–Crippen LogP) is 5.79. The molecule has 65 heavy (non-hydrogen) atoms. The summed E-state index contributed by atoms with van der Waals surface area (Å²) in [4.78, 5) is 73.4. The minimum absolute atomic E-state index is 0.0204. The lowest BCUT2D eigenvalue weighted by molar-refractivity contribution is -0.222. The van der Waals surface area contributed by atoms with E-state index in [9.17, 15) is 42.6 Å². The average Bonchev–Trinajstić information content (AvgIpc) is 3.78. The largest absolute Gasteiger partial charge is 0.508 e. The van der Waals surface area contributed by atoms with E-state index in [2.05, 4.69) is 15.4 Å². The van der Waals surface area contributed by atoms with Crippen LogP contribution in [-0.4, -0.2) is 85.0 Å². The quantitative estimate of drug-likeness (QED) is 0.0302. The summed E-state index contributed by atoms with van der Waals surface area (Å²) in [5.41, 5.74) is 1.63. The molecule has 1 fully saturated rings. The molecule has 1 saturated carbocycles. The number of sulfonamides is 1. The van der Waals surface area contributed by atoms with Crippen LogP contribution in [0.4, 0.5) is 4.79 Å². The van der Waals surface area contributed by atoms with E-state index < -0.39 is 69.9 Å². The third-order valence-electron chi connectivity index (χ3n) is 11.2. The number of unbranched alkanes of at least 4 members (excludes halogenated alkanes) is 1. The molecule has 0 radical (unpaired) electrons. The molecular weight excluding hydrogens is 857 g/mol. The van der Waals surface area contributed by atoms with Crippen LogP contribution in [0.5, 0.6) is 5.75 Å². The first-order chi connectivity index (χ1) is 31.2. The molecule has 0 aliphatic heterocycles. The van der Waals surface area contributed by atoms with Crippen LogP contribution in [0.2, 0.25) is 0 Å². The first-order valence-electron chi connectivity index (χ1n) is 21.6. The zero-order chi connectivity index (χ0) is 46.7. The number of hydroxylamine groups is 2. The van der Waals surface area contributed by atoms with Crippen molar-refractivity contribution in [1.82, 2.24) is 20.4 Å². The molecule has 0 saturated heterocycles. The Morgan fingerprint density at radius 2 is 1.31 bits per heavy atom. The highest BCUT2D eigenvalue weighted by Gasteiger charge is 2.47. The Kier molecular flexibility index (Phi) is 18.9. The molecule has 2 amide bonds. The lowest BCUT2D eigenvalue weighted by Crippen LogP contribution is -2.49. The van der Waals surface area contributed by atoms with Gasteiger partial charge in [0.15, 0.2) is 0 Å². The van der Waals surface area contributed by atoms with Crippen LogP contribution in [0.1, 0.15) is 73.6 Å². The molecule has 0 aromatic heterocycles. The summed E-state index contributed by atoms with van der Waals surface area (Å²) in [6, 6.07) is 31.2. The van der Waals surface area contributed by atoms with Crippen molar-refractivity contribution in [3.05, 3.63) is 138 Å². The van der Waals surface area contributed by atoms with E-state index in [0.717, 1.165) is 17.4 Å². The molecule has 348 valence electrons. The first kappa shape index (κ1) is 49.7. The van der Waals surface area contributed by atoms with Crippen LogP contribution in [-0.2, 0) is 69.7 Å². The molecule has 5 N–H and O–H groups in total. The van der Waals surface area contributed by atoms with E-state index >= 15 is 0 Å². The Morgan fingerprint density at radius 1 is 0.738 bits per heavy atom. The number of aliphatic carboxylic acids is 1. The molecular formula is C48H58N4O12S. The number of aromatic hydroxyl groups is 1. The fourth-order valence-corrected chi connectivity index (χ4v) is 8.45. The summed E-state index contributed by atoms with van der Waals surface area (Å²) in [6.45, 7) is -0.182. The van der Waals surface area contributed by atoms with E-state index in [0.29, 0.717) is 36.8 Å². The molecule has 4 aromatic rings. The number of ether oxygens (including phenoxy) is 2. The smallest absolute Gasteiger partial charge is 0.407 e. The van der Waals surface area contributed by atoms with Gasteiger partial charge in [0.1, 0.15) is 31.0 Å². The minimum atomic E-state index is -3.87. The maximum atomic E-state index is 14.6. The third-order valence-corrected chi connectivity index (χ3v) is 11.9. The highest BCUT2D eigenvalue weighted by Crippen LogP contribution is 2.45. The van der Waals surface area contributed by atoms with Crippen LogP contribution in [0.3, 0.4) is 0 Å². The van der Waals surface area contributed by atoms with Gasteiger partial charge in [0, 0.05) is 19.5 Å². The number of esters is 1. The van der Waals surface area contributed by atoms with Crippen molar-refractivity contribution in [3.63, 3.8) is 0 Å². The van der Waals surface area contributed by atoms with Crippen molar-refractivity contribution in [1.29, 1.82) is 0 Å². The third kappa shape index (κ3) is 16.6. The molecule has 0 spiro atoms. The number of carbonyl (C=O) groups excluding carboxylic acids is 4. The number of hydrogen-bond acceptors (Lipinski definition) is 12. The predicted molar refractivity (Wildman–Crippen MR) is 240 cm³/mol. The van der Waals surface area contributed by atoms with Crippen molar-refractivity contribution >= 4 is 39.9 Å². The molecule has 4 aromatic carbocycles. The summed E-state index contributed by atoms with van der Waals surface area (Å²) in [5, 5.41) is 26.9. The summed E-state index contributed by atoms with van der Waals surface area (Å²) in [6.07, 6.45) is 2.64. The second-order valence-corrected chi connectivity index (χ2v) is 18.1. The van der Waals surface area contributed by atoms with Gasteiger partial charge >= 0.3 is 24.0 Å². The SMILES string of the molecule is CS(=O)(=O)N[C@@H](CCCCNC(=O)OCc1ccccc1)C(=O)NC[C@H](CC1(C(=O)ON(Cc2ccccc2)[C@@H](Cc2ccc(O)cc2)C(=O)OCc2ccccc2)CCCC1)C(=O)O. The van der Waals surface area contributed by atoms with E-state index in [-0.39, 0.29) is 64.2 Å². The molecule has 0 heterocycles. The Hall–Kier alpha value is -6.30. The number of hydrogen-bond donors (Lipinski definition) is 5. The lowest BCUT2D eigenvalue weighted by Gasteiger charge is -2.34. The number of carboxylic acid groups (broad SMARTS) is 1. The summed E-state index contributed by atoms with van der Waals surface area (Å²) < 4.78 is 37.8. The fourth-order valence-electron chi connectivity index (χ4n) is 7.70. The number of amides is 2. The van der Waals surface area contributed by atoms with E-state index in [1.165, 1.54) is 17.2 Å². The van der Waals surface area contributed by atoms with Gasteiger partial charge in [0.2, 0.25) is 15.9 Å². The van der Waals surface area contributed by atoms with E-state index in [1.807, 2.05) is 91.0 Å². The normalized spacial score (nSPS) is 14.7. The van der Waals surface area contributed by atoms with Crippen LogP contribution >= 0.6 is 0 Å². The van der Waals surface area contributed by atoms with Gasteiger partial charge in [-0.1, -0.05) is 116 Å². The topological polar surface area (TPSA) is 227 Å². The van der Waals surface area contributed by atoms with Crippen LogP contribution in [0.25, 0.3) is 0 Å². The Labute approximate surface area is 379 Å². The highest BCUT2D eigenvalue weighted by atomic mass is 32.2. The summed E-state index contributed by atoms with van der Waals surface area (Å²) in [5.74, 6) is -4.68. The van der Waals surface area contributed by atoms with E-state index in [1.54, 1.807) is 12.1 Å². The highest BCUT2D eigenvalue weighted by molar-refractivity contribution is 7.88. The van der Waals surface area contributed by atoms with Crippen molar-refractivity contribution in [2.45, 2.75) is 89.6 Å². The van der Waals surface area contributed by atoms with Gasteiger partial charge in [-0.15, -0.1) is 5.06 Å². The van der Waals surface area contributed by atoms with Crippen LogP contribution in [0, 0.1) is 11.3 Å². The number of carbonyl (C=O) groups is 5. The van der Waals surface area contributed by atoms with E-state index in [4.69, 9.17) is 14.3 Å². The number of rotatable bonds is 25. The Balaban J connectivity index is 1.27. The van der Waals surface area contributed by atoms with Gasteiger partial charge in [-0.25, -0.2) is 22.7 Å². The molecule has 0 bridgehead atoms. The van der Waals surface area contributed by atoms with Crippen molar-refractivity contribution in [3.8, 4) is 5.75 Å². The lowest BCUT2D eigenvalue weighted by atomic mass is 9.77. The molecule has 5 rings (SSSR count). The number of carboxylic acids is 1. The monoisotopic (exact) mass is 914 g/mol. The second kappa shape index (κ2) is 24.7. The van der Waals surface area contributed by atoms with Gasteiger partial charge in [-0.05, 0) is 72.9 Å². The maximum absolute atomic E-state index is 14.6. The molecule has 3 atom stereocenters. The zero-order valence-electron chi connectivity index (χ0n) is 36.4. The number of phenolic OH excluding ortho intramolecular Hbond substituents is 1. The summed E-state index contributed by atoms with van der Waals surface area (Å²) >= 11 is 0. The van der Waals surface area contributed by atoms with Gasteiger partial charge < -0.3 is 35.2 Å². The van der Waals surface area contributed by atoms with Crippen LogP contribution in [0.15, 0.2) is 115 Å². The van der Waals surface area contributed by atoms with Crippen molar-refractivity contribution < 1.29 is 56.9 Å². The number of phenols is 1. The molecule has 1 aliphatic rings. The van der Waals surface area contributed by atoms with Gasteiger partial charge in [-0.2, -0.15) is 0 Å². The maximum Gasteiger partial charge on any atom is 0.407 e. The van der Waals surface area contributed by atoms with Gasteiger partial charge in [-0.3, -0.25) is 14.4 Å². The minimum Gasteiger partial charge on any atom is -0.508 e. The van der Waals surface area contributed by atoms with Crippen molar-refractivity contribution in [2.75, 3.05) is 19.3 Å². The molecule has 16 nitrogen and oxygen atoms in total. The average molecular weight is 915 g/mol. The van der Waals surface area contributed by atoms with Gasteiger partial charge in [0.25, 0.3) is 0 Å². The van der Waals surface area contributed by atoms with Crippen molar-refractivity contribution in [2.24, 2.45) is 11.3 Å². The zero-order valence-corrected chi connectivity index (χ0v) is 37.3. The van der Waals surface area contributed by atoms with Gasteiger partial charge in [0.05, 0.1) is 24.1 Å². The number of alkyl carbamates (subject to hydrolysis) is 1. The first-order valence-corrected chi connectivity index (χ1v) is 23.5. The molecule has 17 heteroatoms. The Morgan fingerprint density at radius 3 is 1.88 bits per heavy atom. The summed E-state index contributed by atoms with van der Waals surface area (Å²) in [7, 11) is -3.87. The fraction of sp³-hybridized carbons (Fsp3) is 0.396. The number of benzene rings is 4. The Bertz CT molecular complexity index is 2260. The molecule has 1 aliphatic carbocycles. The number of nitrogens with one attached hydrogen (secondary N) is 3. The van der Waals surface area contributed by atoms with Crippen LogP contribution < -0.4 is 15.4 Å². The standard InChI is InChI=1S/C48H58N4O12S/c1-65(60,61)51-41(21-11-14-28-49-47(59)63-34-38-19-9-4-10-20-38)43(54)50-31-39(44(55)56)30-48(26-12-13-27-48)46(58)64-52(32-36-15-5-2-6-16-36)42(29-35-22-24-40(53)25-23-35)45(57)62-33-37-17-7-3-8-18-37/h2-10,15-20,22-25,39,41-42,51,53H,11-14,21,26-34H2,1H3,(H,49,59)(H,50,54)(H,55,56)/t39-,41-,42-/m0/s1.